The van der Waals surface area contributed by atoms with Crippen molar-refractivity contribution in [1.29, 1.82) is 0 Å². The van der Waals surface area contributed by atoms with E-state index in [-0.39, 0.29) is 16.1 Å². The number of nitrogens with zero attached hydrogens (tertiary/aromatic N) is 1. The van der Waals surface area contributed by atoms with E-state index in [0.29, 0.717) is 11.4 Å². The smallest absolute Gasteiger partial charge is 0.169 e. The lowest BCUT2D eigenvalue weighted by Crippen LogP contribution is -2.27. The first-order chi connectivity index (χ1) is 8.82. The Kier molecular flexibility index (Phi) is 3.81. The first kappa shape index (κ1) is 14.3. The largest absolute Gasteiger partial charge is 0.397 e. The first-order valence-corrected chi connectivity index (χ1v) is 6.97. The molecule has 3 nitrogen and oxygen atoms in total. The predicted molar refractivity (Wildman–Crippen MR) is 80.1 cm³/mol. The SMILES string of the molecule is CC1(C)CCCN(c2c(N)cc(N)c(Cl)c2F)CC1. The van der Waals surface area contributed by atoms with Gasteiger partial charge in [0, 0.05) is 13.1 Å². The van der Waals surface area contributed by atoms with Crippen LogP contribution < -0.4 is 16.4 Å². The number of hydrogen-bond acceptors (Lipinski definition) is 3. The summed E-state index contributed by atoms with van der Waals surface area (Å²) >= 11 is 5.89. The van der Waals surface area contributed by atoms with Crippen LogP contribution in [0.4, 0.5) is 21.5 Å². The molecule has 1 aliphatic rings. The van der Waals surface area contributed by atoms with Gasteiger partial charge in [-0.15, -0.1) is 0 Å². The summed E-state index contributed by atoms with van der Waals surface area (Å²) in [6.45, 7) is 6.07. The molecule has 19 heavy (non-hydrogen) atoms. The number of hydrogen-bond donors (Lipinski definition) is 2. The topological polar surface area (TPSA) is 55.3 Å². The van der Waals surface area contributed by atoms with E-state index in [1.54, 1.807) is 0 Å². The van der Waals surface area contributed by atoms with Crippen molar-refractivity contribution in [3.63, 3.8) is 0 Å². The standard InChI is InChI=1S/C14H21ClFN3/c1-14(2)4-3-6-19(7-5-14)13-10(18)8-9(17)11(15)12(13)16/h8H,3-7,17-18H2,1-2H3. The van der Waals surface area contributed by atoms with Crippen LogP contribution in [0, 0.1) is 11.2 Å². The van der Waals surface area contributed by atoms with E-state index in [9.17, 15) is 4.39 Å². The molecule has 106 valence electrons. The molecule has 1 saturated heterocycles. The molecular weight excluding hydrogens is 265 g/mol. The van der Waals surface area contributed by atoms with E-state index in [1.807, 2.05) is 4.90 Å². The van der Waals surface area contributed by atoms with Crippen LogP contribution in [0.15, 0.2) is 6.07 Å². The van der Waals surface area contributed by atoms with Gasteiger partial charge in [-0.1, -0.05) is 25.4 Å². The summed E-state index contributed by atoms with van der Waals surface area (Å²) in [4.78, 5) is 1.99. The summed E-state index contributed by atoms with van der Waals surface area (Å²) in [5.74, 6) is -0.501. The first-order valence-electron chi connectivity index (χ1n) is 6.60. The van der Waals surface area contributed by atoms with Crippen molar-refractivity contribution >= 4 is 28.7 Å². The highest BCUT2D eigenvalue weighted by atomic mass is 35.5. The van der Waals surface area contributed by atoms with Crippen LogP contribution in [0.5, 0.6) is 0 Å². The molecule has 5 heteroatoms. The fourth-order valence-electron chi connectivity index (χ4n) is 2.62. The average Bonchev–Trinajstić information content (AvgIpc) is 2.48. The lowest BCUT2D eigenvalue weighted by molar-refractivity contribution is 0.325. The van der Waals surface area contributed by atoms with E-state index < -0.39 is 5.82 Å². The van der Waals surface area contributed by atoms with Crippen LogP contribution in [-0.4, -0.2) is 13.1 Å². The van der Waals surface area contributed by atoms with Gasteiger partial charge < -0.3 is 16.4 Å². The normalized spacial score (nSPS) is 19.3. The van der Waals surface area contributed by atoms with Gasteiger partial charge in [0.1, 0.15) is 5.02 Å². The molecular formula is C14H21ClFN3. The maximum atomic E-state index is 14.3. The molecule has 0 amide bonds. The fraction of sp³-hybridized carbons (Fsp3) is 0.571. The van der Waals surface area contributed by atoms with E-state index in [4.69, 9.17) is 23.1 Å². The van der Waals surface area contributed by atoms with Crippen LogP contribution in [0.2, 0.25) is 5.02 Å². The summed E-state index contributed by atoms with van der Waals surface area (Å²) in [6.07, 6.45) is 3.16. The maximum Gasteiger partial charge on any atom is 0.169 e. The molecule has 1 fully saturated rings. The highest BCUT2D eigenvalue weighted by Gasteiger charge is 2.26. The highest BCUT2D eigenvalue weighted by Crippen LogP contribution is 2.39. The molecule has 0 saturated carbocycles. The lowest BCUT2D eigenvalue weighted by Gasteiger charge is -2.27. The number of anilines is 3. The van der Waals surface area contributed by atoms with Gasteiger partial charge >= 0.3 is 0 Å². The molecule has 0 aromatic heterocycles. The van der Waals surface area contributed by atoms with Crippen molar-refractivity contribution in [3.05, 3.63) is 16.9 Å². The van der Waals surface area contributed by atoms with Gasteiger partial charge in [0.15, 0.2) is 5.82 Å². The molecule has 0 unspecified atom stereocenters. The Hall–Kier alpha value is -1.16. The molecule has 0 spiro atoms. The van der Waals surface area contributed by atoms with Crippen LogP contribution in [-0.2, 0) is 0 Å². The zero-order chi connectivity index (χ0) is 14.2. The third kappa shape index (κ3) is 2.89. The Balaban J connectivity index is 2.34. The van der Waals surface area contributed by atoms with Gasteiger partial charge in [0.25, 0.3) is 0 Å². The van der Waals surface area contributed by atoms with Crippen LogP contribution in [0.1, 0.15) is 33.1 Å². The average molecular weight is 286 g/mol. The van der Waals surface area contributed by atoms with Gasteiger partial charge in [-0.2, -0.15) is 0 Å². The number of nitrogens with two attached hydrogens (primary N) is 2. The molecule has 1 aliphatic heterocycles. The number of rotatable bonds is 1. The van der Waals surface area contributed by atoms with Crippen molar-refractivity contribution in [1.82, 2.24) is 0 Å². The number of halogens is 2. The Morgan fingerprint density at radius 3 is 2.58 bits per heavy atom. The van der Waals surface area contributed by atoms with Crippen molar-refractivity contribution in [2.45, 2.75) is 33.1 Å². The summed E-state index contributed by atoms with van der Waals surface area (Å²) in [7, 11) is 0. The minimum atomic E-state index is -0.501. The zero-order valence-electron chi connectivity index (χ0n) is 11.5. The van der Waals surface area contributed by atoms with Crippen molar-refractivity contribution < 1.29 is 4.39 Å². The van der Waals surface area contributed by atoms with Crippen molar-refractivity contribution in [2.75, 3.05) is 29.5 Å². The lowest BCUT2D eigenvalue weighted by atomic mass is 9.85. The van der Waals surface area contributed by atoms with E-state index >= 15 is 0 Å². The van der Waals surface area contributed by atoms with Crippen molar-refractivity contribution in [2.24, 2.45) is 5.41 Å². The molecule has 0 radical (unpaired) electrons. The highest BCUT2D eigenvalue weighted by molar-refractivity contribution is 6.33. The minimum absolute atomic E-state index is 0.0345. The van der Waals surface area contributed by atoms with Gasteiger partial charge in [-0.05, 0) is 30.7 Å². The predicted octanol–water partition coefficient (Wildman–Crippen LogP) is 3.66. The molecule has 4 N–H and O–H groups in total. The molecule has 0 aliphatic carbocycles. The molecule has 2 rings (SSSR count). The van der Waals surface area contributed by atoms with Gasteiger partial charge in [-0.25, -0.2) is 4.39 Å². The summed E-state index contributed by atoms with van der Waals surface area (Å²) in [5.41, 5.74) is 12.8. The van der Waals surface area contributed by atoms with Crippen molar-refractivity contribution in [3.8, 4) is 0 Å². The molecule has 1 aromatic carbocycles. The van der Waals surface area contributed by atoms with Gasteiger partial charge in [0.2, 0.25) is 0 Å². The molecule has 1 aromatic rings. The second kappa shape index (κ2) is 5.08. The summed E-state index contributed by atoms with van der Waals surface area (Å²) in [6, 6.07) is 1.54. The number of nitrogen functional groups attached to an aromatic ring is 2. The van der Waals surface area contributed by atoms with Crippen LogP contribution in [0.25, 0.3) is 0 Å². The summed E-state index contributed by atoms with van der Waals surface area (Å²) < 4.78 is 14.3. The molecule has 0 atom stereocenters. The maximum absolute atomic E-state index is 14.3. The Bertz CT molecular complexity index is 488. The van der Waals surface area contributed by atoms with Crippen LogP contribution in [0.3, 0.4) is 0 Å². The third-order valence-corrected chi connectivity index (χ3v) is 4.28. The quantitative estimate of drug-likeness (QED) is 0.774. The monoisotopic (exact) mass is 285 g/mol. The van der Waals surface area contributed by atoms with E-state index in [0.717, 1.165) is 32.4 Å². The minimum Gasteiger partial charge on any atom is -0.397 e. The molecule has 0 bridgehead atoms. The Morgan fingerprint density at radius 1 is 1.21 bits per heavy atom. The number of benzene rings is 1. The fourth-order valence-corrected chi connectivity index (χ4v) is 2.77. The van der Waals surface area contributed by atoms with Gasteiger partial charge in [-0.3, -0.25) is 0 Å². The second-order valence-electron chi connectivity index (χ2n) is 6.04. The Morgan fingerprint density at radius 2 is 1.89 bits per heavy atom. The van der Waals surface area contributed by atoms with Crippen LogP contribution >= 0.6 is 11.6 Å². The van der Waals surface area contributed by atoms with E-state index in [1.165, 1.54) is 6.07 Å². The Labute approximate surface area is 118 Å². The van der Waals surface area contributed by atoms with Gasteiger partial charge in [0.05, 0.1) is 17.1 Å². The second-order valence-corrected chi connectivity index (χ2v) is 6.41. The van der Waals surface area contributed by atoms with E-state index in [2.05, 4.69) is 13.8 Å². The zero-order valence-corrected chi connectivity index (χ0v) is 12.2. The molecule has 1 heterocycles. The third-order valence-electron chi connectivity index (χ3n) is 3.89. The summed E-state index contributed by atoms with van der Waals surface area (Å²) in [5, 5.41) is -0.0345.